The van der Waals surface area contributed by atoms with Gasteiger partial charge in [-0.05, 0) is 34.3 Å². The summed E-state index contributed by atoms with van der Waals surface area (Å²) in [6.07, 6.45) is 3.36. The van der Waals surface area contributed by atoms with Crippen molar-refractivity contribution in [2.75, 3.05) is 13.6 Å². The van der Waals surface area contributed by atoms with Crippen LogP contribution in [0.5, 0.6) is 0 Å². The van der Waals surface area contributed by atoms with Gasteiger partial charge < -0.3 is 10.6 Å². The first-order valence-electron chi connectivity index (χ1n) is 8.91. The molecule has 1 aliphatic heterocycles. The van der Waals surface area contributed by atoms with E-state index < -0.39 is 0 Å². The highest BCUT2D eigenvalue weighted by Gasteiger charge is 2.31. The first-order valence-corrected chi connectivity index (χ1v) is 10.7. The molecular formula is C21H20N4OS2. The molecule has 3 heterocycles. The molecule has 0 spiro atoms. The number of fused-ring (bicyclic) bond motifs is 1. The molecule has 0 saturated heterocycles. The Labute approximate surface area is 171 Å². The topological polar surface area (TPSA) is 71.6 Å². The molecule has 7 heteroatoms. The lowest BCUT2D eigenvalue weighted by molar-refractivity contribution is 0.0725. The van der Waals surface area contributed by atoms with E-state index in [4.69, 9.17) is 5.73 Å². The molecule has 5 nitrogen and oxygen atoms in total. The first kappa shape index (κ1) is 18.6. The highest BCUT2D eigenvalue weighted by atomic mass is 32.1. The summed E-state index contributed by atoms with van der Waals surface area (Å²) in [5.41, 5.74) is 9.97. The van der Waals surface area contributed by atoms with Gasteiger partial charge in [0.2, 0.25) is 0 Å². The van der Waals surface area contributed by atoms with Gasteiger partial charge >= 0.3 is 0 Å². The number of thiophene rings is 1. The number of hydrogen-bond donors (Lipinski definition) is 1. The average Bonchev–Trinajstić information content (AvgIpc) is 3.42. The normalized spacial score (nSPS) is 17.1. The number of benzene rings is 1. The second-order valence-electron chi connectivity index (χ2n) is 6.51. The molecule has 142 valence electrons. The number of aromatic nitrogens is 1. The number of carbonyl (C=O) groups is 1. The highest BCUT2D eigenvalue weighted by molar-refractivity contribution is 7.15. The molecule has 1 aliphatic rings. The summed E-state index contributed by atoms with van der Waals surface area (Å²) in [6.45, 7) is 1.12. The minimum Gasteiger partial charge on any atom is -0.404 e. The molecule has 1 aromatic carbocycles. The van der Waals surface area contributed by atoms with Crippen molar-refractivity contribution in [1.29, 1.82) is 0 Å². The molecule has 28 heavy (non-hydrogen) atoms. The summed E-state index contributed by atoms with van der Waals surface area (Å²) in [5, 5.41) is 4.48. The number of hydrogen-bond acceptors (Lipinski definition) is 6. The Kier molecular flexibility index (Phi) is 5.36. The third kappa shape index (κ3) is 3.50. The minimum atomic E-state index is -0.0443. The lowest BCUT2D eigenvalue weighted by atomic mass is 9.85. The van der Waals surface area contributed by atoms with Crippen molar-refractivity contribution in [3.63, 3.8) is 0 Å². The van der Waals surface area contributed by atoms with Crippen LogP contribution in [0.3, 0.4) is 0 Å². The molecule has 1 atom stereocenters. The average molecular weight is 409 g/mol. The molecule has 0 radical (unpaired) electrons. The monoisotopic (exact) mass is 408 g/mol. The van der Waals surface area contributed by atoms with Crippen molar-refractivity contribution < 1.29 is 4.79 Å². The number of amides is 1. The van der Waals surface area contributed by atoms with E-state index in [1.165, 1.54) is 16.9 Å². The van der Waals surface area contributed by atoms with Crippen LogP contribution >= 0.6 is 22.7 Å². The fraction of sp³-hybridized carbons (Fsp3) is 0.190. The largest absolute Gasteiger partial charge is 0.404 e. The maximum atomic E-state index is 13.2. The Morgan fingerprint density at radius 2 is 2.14 bits per heavy atom. The van der Waals surface area contributed by atoms with Crippen LogP contribution in [0.1, 0.15) is 26.8 Å². The van der Waals surface area contributed by atoms with E-state index in [0.717, 1.165) is 21.7 Å². The van der Waals surface area contributed by atoms with Crippen molar-refractivity contribution in [3.8, 4) is 10.6 Å². The molecule has 1 amide bonds. The zero-order chi connectivity index (χ0) is 19.5. The SMILES string of the molecule is CN=CC(=CN)C1CN(C(=O)c2nc(-c3cccs3)cs2)Cc2ccccc21. The van der Waals surface area contributed by atoms with Gasteiger partial charge in [0.25, 0.3) is 5.91 Å². The molecule has 2 aromatic heterocycles. The van der Waals surface area contributed by atoms with E-state index in [9.17, 15) is 4.79 Å². The summed E-state index contributed by atoms with van der Waals surface area (Å²) >= 11 is 3.02. The lowest BCUT2D eigenvalue weighted by Gasteiger charge is -2.34. The van der Waals surface area contributed by atoms with Crippen LogP contribution < -0.4 is 5.73 Å². The quantitative estimate of drug-likeness (QED) is 0.659. The van der Waals surface area contributed by atoms with E-state index >= 15 is 0 Å². The summed E-state index contributed by atoms with van der Waals surface area (Å²) in [6, 6.07) is 12.2. The fourth-order valence-electron chi connectivity index (χ4n) is 3.49. The van der Waals surface area contributed by atoms with Gasteiger partial charge in [0.05, 0.1) is 10.6 Å². The zero-order valence-electron chi connectivity index (χ0n) is 15.4. The van der Waals surface area contributed by atoms with Crippen LogP contribution in [-0.4, -0.2) is 35.6 Å². The fourth-order valence-corrected chi connectivity index (χ4v) is 5.03. The van der Waals surface area contributed by atoms with Gasteiger partial charge in [-0.15, -0.1) is 22.7 Å². The van der Waals surface area contributed by atoms with Crippen molar-refractivity contribution in [2.24, 2.45) is 10.7 Å². The van der Waals surface area contributed by atoms with Gasteiger partial charge in [0.1, 0.15) is 0 Å². The molecule has 0 fully saturated rings. The van der Waals surface area contributed by atoms with Crippen LogP contribution in [0.25, 0.3) is 10.6 Å². The Hall–Kier alpha value is -2.77. The molecule has 0 bridgehead atoms. The first-order chi connectivity index (χ1) is 13.7. The lowest BCUT2D eigenvalue weighted by Crippen LogP contribution is -2.39. The van der Waals surface area contributed by atoms with Crippen LogP contribution in [0, 0.1) is 0 Å². The van der Waals surface area contributed by atoms with Gasteiger partial charge in [0, 0.05) is 37.6 Å². The van der Waals surface area contributed by atoms with Crippen LogP contribution in [0.2, 0.25) is 0 Å². The van der Waals surface area contributed by atoms with Crippen molar-refractivity contribution in [3.05, 3.63) is 75.1 Å². The molecule has 0 aliphatic carbocycles. The van der Waals surface area contributed by atoms with Gasteiger partial charge in [-0.2, -0.15) is 0 Å². The van der Waals surface area contributed by atoms with Gasteiger partial charge in [-0.25, -0.2) is 4.98 Å². The predicted molar refractivity (Wildman–Crippen MR) is 116 cm³/mol. The Bertz CT molecular complexity index is 1040. The van der Waals surface area contributed by atoms with Crippen LogP contribution in [0.4, 0.5) is 0 Å². The molecule has 0 saturated carbocycles. The number of nitrogens with zero attached hydrogens (tertiary/aromatic N) is 3. The second kappa shape index (κ2) is 8.08. The standard InChI is InChI=1S/C21H20N4OS2/c1-23-10-15(9-22)17-12-25(11-14-5-2-3-6-16(14)17)21(26)20-24-18(13-28-20)19-7-4-8-27-19/h2-10,13,17H,11-12,22H2,1H3. The Morgan fingerprint density at radius 1 is 1.29 bits per heavy atom. The summed E-state index contributed by atoms with van der Waals surface area (Å²) in [4.78, 5) is 24.8. The summed E-state index contributed by atoms with van der Waals surface area (Å²) in [5.74, 6) is -0.0450. The Balaban J connectivity index is 1.64. The number of thiazole rings is 1. The van der Waals surface area contributed by atoms with Gasteiger partial charge in [-0.3, -0.25) is 9.79 Å². The van der Waals surface area contributed by atoms with E-state index in [0.29, 0.717) is 18.1 Å². The van der Waals surface area contributed by atoms with Crippen molar-refractivity contribution in [2.45, 2.75) is 12.5 Å². The zero-order valence-corrected chi connectivity index (χ0v) is 17.0. The number of rotatable bonds is 4. The number of carbonyl (C=O) groups excluding carboxylic acids is 1. The van der Waals surface area contributed by atoms with E-state index in [2.05, 4.69) is 22.1 Å². The van der Waals surface area contributed by atoms with Gasteiger partial charge in [-0.1, -0.05) is 30.3 Å². The van der Waals surface area contributed by atoms with Crippen molar-refractivity contribution >= 4 is 34.8 Å². The van der Waals surface area contributed by atoms with E-state index in [1.54, 1.807) is 30.8 Å². The summed E-state index contributed by atoms with van der Waals surface area (Å²) < 4.78 is 0. The van der Waals surface area contributed by atoms with Gasteiger partial charge in [0.15, 0.2) is 5.01 Å². The van der Waals surface area contributed by atoms with E-state index in [-0.39, 0.29) is 11.8 Å². The molecule has 3 aromatic rings. The highest BCUT2D eigenvalue weighted by Crippen LogP contribution is 2.34. The summed E-state index contributed by atoms with van der Waals surface area (Å²) in [7, 11) is 1.73. The third-order valence-corrected chi connectivity index (χ3v) is 6.54. The molecular weight excluding hydrogens is 388 g/mol. The maximum Gasteiger partial charge on any atom is 0.283 e. The minimum absolute atomic E-state index is 0.000622. The Morgan fingerprint density at radius 3 is 2.89 bits per heavy atom. The number of aliphatic imine (C=N–C) groups is 1. The molecule has 4 rings (SSSR count). The maximum absolute atomic E-state index is 13.2. The predicted octanol–water partition coefficient (Wildman–Crippen LogP) is 4.15. The second-order valence-corrected chi connectivity index (χ2v) is 8.31. The smallest absolute Gasteiger partial charge is 0.283 e. The van der Waals surface area contributed by atoms with E-state index in [1.807, 2.05) is 39.9 Å². The molecule has 1 unspecified atom stereocenters. The van der Waals surface area contributed by atoms with Crippen LogP contribution in [0.15, 0.2) is 63.9 Å². The molecule has 2 N–H and O–H groups in total. The van der Waals surface area contributed by atoms with Crippen molar-refractivity contribution in [1.82, 2.24) is 9.88 Å². The third-order valence-electron chi connectivity index (χ3n) is 4.82. The number of nitrogens with two attached hydrogens (primary N) is 1. The van der Waals surface area contributed by atoms with Crippen LogP contribution in [-0.2, 0) is 6.54 Å².